The second-order valence-corrected chi connectivity index (χ2v) is 9.54. The summed E-state index contributed by atoms with van der Waals surface area (Å²) in [5.74, 6) is 0.730. The van der Waals surface area contributed by atoms with Gasteiger partial charge in [0.25, 0.3) is 5.91 Å². The molecule has 38 heavy (non-hydrogen) atoms. The first kappa shape index (κ1) is 25.2. The molecule has 4 heterocycles. The maximum absolute atomic E-state index is 13.0. The molecule has 4 aromatic rings. The second kappa shape index (κ2) is 10.5. The summed E-state index contributed by atoms with van der Waals surface area (Å²) in [6.45, 7) is 3.62. The Bertz CT molecular complexity index is 1520. The smallest absolute Gasteiger partial charge is 0.289 e. The lowest BCUT2D eigenvalue weighted by Gasteiger charge is -2.28. The van der Waals surface area contributed by atoms with Crippen LogP contribution in [0.25, 0.3) is 27.7 Å². The number of nitrogens with zero attached hydrogens (tertiary/aromatic N) is 6. The molecule has 3 aromatic heterocycles. The van der Waals surface area contributed by atoms with Crippen LogP contribution in [0.2, 0.25) is 0 Å². The highest BCUT2D eigenvalue weighted by Crippen LogP contribution is 2.40. The number of aromatic nitrogens is 4. The Morgan fingerprint density at radius 2 is 2.03 bits per heavy atom. The number of benzene rings is 1. The van der Waals surface area contributed by atoms with Crippen molar-refractivity contribution in [1.82, 2.24) is 29.8 Å². The molecule has 1 aliphatic heterocycles. The highest BCUT2D eigenvalue weighted by atomic mass is 16.5. The van der Waals surface area contributed by atoms with E-state index in [0.717, 1.165) is 39.6 Å². The molecule has 1 aliphatic rings. The molecular formula is C28H30N6O4. The molecule has 0 atom stereocenters. The first-order chi connectivity index (χ1) is 18.4. The first-order valence-corrected chi connectivity index (χ1v) is 12.4. The van der Waals surface area contributed by atoms with Crippen LogP contribution < -0.4 is 4.74 Å². The van der Waals surface area contributed by atoms with Gasteiger partial charge in [0.1, 0.15) is 11.3 Å². The number of ether oxygens (including phenoxy) is 1. The predicted molar refractivity (Wildman–Crippen MR) is 143 cm³/mol. The predicted octanol–water partition coefficient (Wildman–Crippen LogP) is 3.81. The lowest BCUT2D eigenvalue weighted by Crippen LogP contribution is -2.35. The van der Waals surface area contributed by atoms with Crippen LogP contribution in [0.4, 0.5) is 0 Å². The van der Waals surface area contributed by atoms with Gasteiger partial charge in [0, 0.05) is 62.5 Å². The van der Waals surface area contributed by atoms with Crippen LogP contribution in [-0.4, -0.2) is 75.9 Å². The van der Waals surface area contributed by atoms with Crippen molar-refractivity contribution >= 4 is 28.4 Å². The summed E-state index contributed by atoms with van der Waals surface area (Å²) in [5, 5.41) is 8.54. The van der Waals surface area contributed by atoms with Gasteiger partial charge in [-0.15, -0.1) is 5.10 Å². The third-order valence-electron chi connectivity index (χ3n) is 6.72. The highest BCUT2D eigenvalue weighted by Gasteiger charge is 2.24. The highest BCUT2D eigenvalue weighted by molar-refractivity contribution is 6.02. The van der Waals surface area contributed by atoms with Crippen molar-refractivity contribution in [2.75, 3.05) is 34.3 Å². The van der Waals surface area contributed by atoms with Crippen molar-refractivity contribution in [3.05, 3.63) is 65.9 Å². The van der Waals surface area contributed by atoms with Gasteiger partial charge in [0.15, 0.2) is 5.76 Å². The van der Waals surface area contributed by atoms with Gasteiger partial charge in [-0.05, 0) is 48.2 Å². The zero-order valence-corrected chi connectivity index (χ0v) is 22.0. The largest absolute Gasteiger partial charge is 0.494 e. The third kappa shape index (κ3) is 4.89. The molecular weight excluding hydrogens is 484 g/mol. The Balaban J connectivity index is 1.54. The minimum absolute atomic E-state index is 0.0706. The van der Waals surface area contributed by atoms with Crippen LogP contribution in [0, 0.1) is 6.92 Å². The van der Waals surface area contributed by atoms with Crippen molar-refractivity contribution in [3.63, 3.8) is 0 Å². The van der Waals surface area contributed by atoms with E-state index in [1.54, 1.807) is 56.7 Å². The number of furan rings is 1. The molecule has 196 valence electrons. The maximum Gasteiger partial charge on any atom is 0.289 e. The van der Waals surface area contributed by atoms with Gasteiger partial charge in [0.05, 0.1) is 26.0 Å². The molecule has 0 unspecified atom stereocenters. The molecule has 5 rings (SSSR count). The minimum Gasteiger partial charge on any atom is -0.494 e. The van der Waals surface area contributed by atoms with Crippen LogP contribution in [-0.2, 0) is 11.3 Å². The maximum atomic E-state index is 13.0. The molecule has 0 aliphatic carbocycles. The number of pyridine rings is 1. The molecule has 0 N–H and O–H groups in total. The molecule has 10 heteroatoms. The topological polar surface area (TPSA) is 107 Å². The lowest BCUT2D eigenvalue weighted by atomic mass is 9.93. The van der Waals surface area contributed by atoms with Crippen molar-refractivity contribution in [2.24, 2.45) is 0 Å². The van der Waals surface area contributed by atoms with Crippen LogP contribution >= 0.6 is 0 Å². The summed E-state index contributed by atoms with van der Waals surface area (Å²) in [6.07, 6.45) is 10.1. The number of amides is 2. The monoisotopic (exact) mass is 514 g/mol. The quantitative estimate of drug-likeness (QED) is 0.369. The number of methoxy groups -OCH3 is 1. The number of rotatable bonds is 7. The van der Waals surface area contributed by atoms with Gasteiger partial charge in [-0.2, -0.15) is 0 Å². The number of hydrogen-bond donors (Lipinski definition) is 0. The van der Waals surface area contributed by atoms with E-state index in [9.17, 15) is 9.59 Å². The van der Waals surface area contributed by atoms with E-state index in [1.807, 2.05) is 17.9 Å². The molecule has 0 fully saturated rings. The van der Waals surface area contributed by atoms with E-state index in [1.165, 1.54) is 4.90 Å². The Labute approximate surface area is 220 Å². The minimum atomic E-state index is -0.215. The van der Waals surface area contributed by atoms with Crippen LogP contribution in [0.5, 0.6) is 5.75 Å². The van der Waals surface area contributed by atoms with E-state index in [-0.39, 0.29) is 17.6 Å². The number of aryl methyl sites for hydroxylation is 2. The third-order valence-corrected chi connectivity index (χ3v) is 6.72. The fraction of sp³-hybridized carbons (Fsp3) is 0.321. The normalized spacial score (nSPS) is 13.5. The molecule has 1 aromatic carbocycles. The Kier molecular flexibility index (Phi) is 6.95. The molecule has 2 amide bonds. The lowest BCUT2D eigenvalue weighted by molar-refractivity contribution is -0.131. The van der Waals surface area contributed by atoms with Gasteiger partial charge in [-0.1, -0.05) is 11.3 Å². The molecule has 0 saturated carbocycles. The van der Waals surface area contributed by atoms with E-state index in [0.29, 0.717) is 37.4 Å². The molecule has 10 nitrogen and oxygen atoms in total. The van der Waals surface area contributed by atoms with Crippen LogP contribution in [0.15, 0.2) is 53.5 Å². The molecule has 0 bridgehead atoms. The fourth-order valence-electron chi connectivity index (χ4n) is 4.78. The fourth-order valence-corrected chi connectivity index (χ4v) is 4.78. The van der Waals surface area contributed by atoms with Gasteiger partial charge in [0.2, 0.25) is 5.91 Å². The number of fused-ring (bicyclic) bond motifs is 1. The van der Waals surface area contributed by atoms with Crippen LogP contribution in [0.3, 0.4) is 0 Å². The van der Waals surface area contributed by atoms with Gasteiger partial charge in [-0.25, -0.2) is 0 Å². The zero-order chi connectivity index (χ0) is 26.8. The molecule has 0 saturated heterocycles. The van der Waals surface area contributed by atoms with Crippen LogP contribution in [0.1, 0.15) is 34.5 Å². The second-order valence-electron chi connectivity index (χ2n) is 9.54. The Morgan fingerprint density at radius 1 is 1.18 bits per heavy atom. The van der Waals surface area contributed by atoms with E-state index in [4.69, 9.17) is 9.15 Å². The van der Waals surface area contributed by atoms with Gasteiger partial charge >= 0.3 is 0 Å². The molecule has 0 radical (unpaired) electrons. The Morgan fingerprint density at radius 3 is 2.76 bits per heavy atom. The van der Waals surface area contributed by atoms with E-state index >= 15 is 0 Å². The van der Waals surface area contributed by atoms with E-state index < -0.39 is 0 Å². The average molecular weight is 515 g/mol. The average Bonchev–Trinajstić information content (AvgIpc) is 3.60. The van der Waals surface area contributed by atoms with Crippen molar-refractivity contribution in [3.8, 4) is 16.9 Å². The summed E-state index contributed by atoms with van der Waals surface area (Å²) >= 11 is 0. The summed E-state index contributed by atoms with van der Waals surface area (Å²) in [5.41, 5.74) is 5.18. The summed E-state index contributed by atoms with van der Waals surface area (Å²) in [6, 6.07) is 5.85. The summed E-state index contributed by atoms with van der Waals surface area (Å²) in [4.78, 5) is 33.4. The standard InChI is InChI=1S/C28H30N6O4/c1-18-15-29-16-24(37-4)26(18)22-13-20(12-21-14-23(38-27(21)22)28(36)32(2)3)19-6-5-9-33(17-19)25(35)7-10-34-11-8-30-31-34/h6,8,11-16H,5,7,9-10,17H2,1-4H3. The van der Waals surface area contributed by atoms with E-state index in [2.05, 4.69) is 27.4 Å². The zero-order valence-electron chi connectivity index (χ0n) is 22.0. The number of carbonyl (C=O) groups is 2. The summed E-state index contributed by atoms with van der Waals surface area (Å²) in [7, 11) is 5.00. The summed E-state index contributed by atoms with van der Waals surface area (Å²) < 4.78 is 13.5. The first-order valence-electron chi connectivity index (χ1n) is 12.4. The Hall–Kier alpha value is -4.47. The van der Waals surface area contributed by atoms with Gasteiger partial charge in [-0.3, -0.25) is 19.3 Å². The number of hydrogen-bond acceptors (Lipinski definition) is 7. The molecule has 0 spiro atoms. The van der Waals surface area contributed by atoms with Crippen molar-refractivity contribution in [1.29, 1.82) is 0 Å². The SMILES string of the molecule is COc1cncc(C)c1-c1cc(C2=CCCN(C(=O)CCn3ccnn3)C2)cc2cc(C(=O)N(C)C)oc12. The number of carbonyl (C=O) groups excluding carboxylic acids is 2. The van der Waals surface area contributed by atoms with Gasteiger partial charge < -0.3 is 19.0 Å². The van der Waals surface area contributed by atoms with Crippen molar-refractivity contribution in [2.45, 2.75) is 26.3 Å². The van der Waals surface area contributed by atoms with Crippen molar-refractivity contribution < 1.29 is 18.7 Å².